The van der Waals surface area contributed by atoms with Gasteiger partial charge in [-0.2, -0.15) is 0 Å². The zero-order valence-corrected chi connectivity index (χ0v) is 21.4. The maximum Gasteiger partial charge on any atom is 0.304 e. The van der Waals surface area contributed by atoms with Gasteiger partial charge in [0, 0.05) is 34.2 Å². The van der Waals surface area contributed by atoms with Gasteiger partial charge in [0.05, 0.1) is 11.7 Å². The highest BCUT2D eigenvalue weighted by atomic mass is 35.5. The normalized spacial score (nSPS) is 22.6. The third-order valence-electron chi connectivity index (χ3n) is 6.66. The summed E-state index contributed by atoms with van der Waals surface area (Å²) in [6, 6.07) is 13.7. The lowest BCUT2D eigenvalue weighted by Crippen LogP contribution is -2.52. The van der Waals surface area contributed by atoms with E-state index in [-0.39, 0.29) is 30.2 Å². The van der Waals surface area contributed by atoms with Crippen LogP contribution in [-0.2, 0) is 19.4 Å². The van der Waals surface area contributed by atoms with Gasteiger partial charge in [-0.1, -0.05) is 60.8 Å². The van der Waals surface area contributed by atoms with Crippen molar-refractivity contribution in [3.05, 3.63) is 69.7 Å². The zero-order valence-electron chi connectivity index (χ0n) is 19.1. The van der Waals surface area contributed by atoms with Gasteiger partial charge < -0.3 is 10.4 Å². The van der Waals surface area contributed by atoms with Gasteiger partial charge in [0.2, 0.25) is 5.91 Å². The number of amides is 1. The van der Waals surface area contributed by atoms with E-state index < -0.39 is 27.0 Å². The Morgan fingerprint density at radius 2 is 1.82 bits per heavy atom. The van der Waals surface area contributed by atoms with E-state index in [1.165, 1.54) is 6.26 Å². The number of aliphatic carboxylic acids is 1. The van der Waals surface area contributed by atoms with Gasteiger partial charge in [0.25, 0.3) is 0 Å². The lowest BCUT2D eigenvalue weighted by Gasteiger charge is -2.41. The van der Waals surface area contributed by atoms with Crippen LogP contribution in [0.25, 0.3) is 0 Å². The van der Waals surface area contributed by atoms with Crippen LogP contribution in [-0.4, -0.2) is 37.7 Å². The minimum Gasteiger partial charge on any atom is -0.481 e. The van der Waals surface area contributed by atoms with Crippen LogP contribution in [0.4, 0.5) is 0 Å². The second-order valence-corrected chi connectivity index (χ2v) is 12.1. The number of carboxylic acid groups (broad SMARTS) is 1. The fourth-order valence-electron chi connectivity index (χ4n) is 4.93. The number of hydrogen-bond donors (Lipinski definition) is 2. The molecule has 0 aliphatic carbocycles. The summed E-state index contributed by atoms with van der Waals surface area (Å²) in [7, 11) is -3.46. The number of carbonyl (C=O) groups excluding carboxylic acids is 1. The molecule has 3 rings (SSSR count). The smallest absolute Gasteiger partial charge is 0.304 e. The Morgan fingerprint density at radius 3 is 2.38 bits per heavy atom. The number of sulfone groups is 1. The molecule has 6 nitrogen and oxygen atoms in total. The van der Waals surface area contributed by atoms with Crippen LogP contribution in [0.1, 0.15) is 54.9 Å². The molecule has 0 radical (unpaired) electrons. The summed E-state index contributed by atoms with van der Waals surface area (Å²) in [5.74, 6) is -2.38. The second kappa shape index (κ2) is 11.1. The first kappa shape index (κ1) is 26.5. The van der Waals surface area contributed by atoms with Gasteiger partial charge in [-0.05, 0) is 54.2 Å². The fraction of sp³-hybridized carbons (Fsp3) is 0.440. The maximum absolute atomic E-state index is 12.9. The molecule has 2 aromatic carbocycles. The molecule has 1 amide bonds. The minimum absolute atomic E-state index is 0.172. The van der Waals surface area contributed by atoms with Gasteiger partial charge >= 0.3 is 5.97 Å². The highest BCUT2D eigenvalue weighted by Gasteiger charge is 2.42. The Morgan fingerprint density at radius 1 is 1.15 bits per heavy atom. The summed E-state index contributed by atoms with van der Waals surface area (Å²) in [5, 5.41) is 12.6. The van der Waals surface area contributed by atoms with Crippen LogP contribution >= 0.6 is 23.2 Å². The van der Waals surface area contributed by atoms with Crippen LogP contribution < -0.4 is 5.32 Å². The highest BCUT2D eigenvalue weighted by Crippen LogP contribution is 2.41. The van der Waals surface area contributed by atoms with Crippen molar-refractivity contribution in [3.8, 4) is 0 Å². The van der Waals surface area contributed by atoms with Crippen molar-refractivity contribution in [2.45, 2.75) is 49.8 Å². The molecule has 1 heterocycles. The third-order valence-corrected chi connectivity index (χ3v) is 8.64. The fourth-order valence-corrected chi connectivity index (χ4v) is 6.51. The van der Waals surface area contributed by atoms with Gasteiger partial charge in [0.15, 0.2) is 9.84 Å². The Bertz CT molecular complexity index is 1140. The number of rotatable bonds is 9. The van der Waals surface area contributed by atoms with Gasteiger partial charge in [-0.15, -0.1) is 0 Å². The second-order valence-electron chi connectivity index (χ2n) is 9.00. The molecule has 9 heteroatoms. The molecule has 1 unspecified atom stereocenters. The molecule has 0 bridgehead atoms. The Hall–Kier alpha value is -2.09. The molecule has 34 heavy (non-hydrogen) atoms. The molecule has 0 aromatic heterocycles. The average Bonchev–Trinajstić information content (AvgIpc) is 2.75. The van der Waals surface area contributed by atoms with E-state index in [9.17, 15) is 23.1 Å². The van der Waals surface area contributed by atoms with Crippen molar-refractivity contribution in [1.82, 2.24) is 5.32 Å². The van der Waals surface area contributed by atoms with Crippen molar-refractivity contribution in [2.75, 3.05) is 6.26 Å². The quantitative estimate of drug-likeness (QED) is 0.465. The van der Waals surface area contributed by atoms with E-state index in [2.05, 4.69) is 5.32 Å². The molecule has 1 aliphatic rings. The number of piperidine rings is 1. The molecule has 1 aliphatic heterocycles. The molecule has 184 valence electrons. The van der Waals surface area contributed by atoms with E-state index in [0.717, 1.165) is 5.56 Å². The molecule has 0 spiro atoms. The van der Waals surface area contributed by atoms with E-state index in [1.807, 2.05) is 25.1 Å². The molecule has 1 saturated heterocycles. The highest BCUT2D eigenvalue weighted by molar-refractivity contribution is 7.90. The van der Waals surface area contributed by atoms with Crippen LogP contribution in [0.5, 0.6) is 0 Å². The first-order valence-corrected chi connectivity index (χ1v) is 13.9. The number of carboxylic acids is 1. The minimum atomic E-state index is -3.46. The molecular weight excluding hydrogens is 497 g/mol. The number of halogens is 2. The van der Waals surface area contributed by atoms with Crippen LogP contribution in [0, 0.1) is 11.8 Å². The summed E-state index contributed by atoms with van der Waals surface area (Å²) in [6.45, 7) is 1.97. The van der Waals surface area contributed by atoms with Crippen LogP contribution in [0.15, 0.2) is 48.5 Å². The summed E-state index contributed by atoms with van der Waals surface area (Å²) >= 11 is 12.2. The van der Waals surface area contributed by atoms with E-state index in [4.69, 9.17) is 23.2 Å². The number of nitrogens with one attached hydrogen (secondary N) is 1. The monoisotopic (exact) mass is 525 g/mol. The third kappa shape index (κ3) is 6.52. The topological polar surface area (TPSA) is 101 Å². The first-order valence-electron chi connectivity index (χ1n) is 11.2. The molecule has 0 saturated carbocycles. The lowest BCUT2D eigenvalue weighted by molar-refractivity contribution is -0.142. The van der Waals surface area contributed by atoms with Crippen molar-refractivity contribution >= 4 is 44.9 Å². The lowest BCUT2D eigenvalue weighted by atomic mass is 9.72. The van der Waals surface area contributed by atoms with E-state index in [0.29, 0.717) is 34.9 Å². The standard InChI is InChI=1S/C25H29Cl2NO5S/c1-3-15(13-22(34(2,32)33)16-7-9-19(26)10-8-16)24-21(17-5-4-6-20(27)11-17)12-18(14-23(29)30)25(31)28-24/h4-11,15,18,21-22,24H,3,12-14H2,1-2H3,(H,28,31)(H,29,30)/t15?,18-,21-,22+,24+/m1/s1. The van der Waals surface area contributed by atoms with Crippen molar-refractivity contribution in [2.24, 2.45) is 11.8 Å². The van der Waals surface area contributed by atoms with Gasteiger partial charge in [-0.3, -0.25) is 9.59 Å². The predicted molar refractivity (Wildman–Crippen MR) is 134 cm³/mol. The number of benzene rings is 2. The van der Waals surface area contributed by atoms with E-state index >= 15 is 0 Å². The molecule has 1 fully saturated rings. The van der Waals surface area contributed by atoms with Gasteiger partial charge in [0.1, 0.15) is 0 Å². The first-order chi connectivity index (χ1) is 16.0. The Labute approximate surface area is 210 Å². The van der Waals surface area contributed by atoms with Crippen molar-refractivity contribution in [1.29, 1.82) is 0 Å². The molecule has 2 aromatic rings. The summed E-state index contributed by atoms with van der Waals surface area (Å²) in [6.07, 6.45) is 2.25. The SMILES string of the molecule is CCC(C[C@@H](c1ccc(Cl)cc1)S(C)(=O)=O)[C@@H]1NC(=O)[C@@H](CC(=O)O)C[C@@H]1c1cccc(Cl)c1. The average molecular weight is 526 g/mol. The summed E-state index contributed by atoms with van der Waals surface area (Å²) in [5.41, 5.74) is 1.55. The Kier molecular flexibility index (Phi) is 8.66. The molecule has 5 atom stereocenters. The number of carbonyl (C=O) groups is 2. The van der Waals surface area contributed by atoms with Crippen molar-refractivity contribution in [3.63, 3.8) is 0 Å². The van der Waals surface area contributed by atoms with Crippen LogP contribution in [0.2, 0.25) is 10.0 Å². The van der Waals surface area contributed by atoms with Crippen molar-refractivity contribution < 1.29 is 23.1 Å². The molecule has 2 N–H and O–H groups in total. The zero-order chi connectivity index (χ0) is 25.0. The predicted octanol–water partition coefficient (Wildman–Crippen LogP) is 5.26. The van der Waals surface area contributed by atoms with Gasteiger partial charge in [-0.25, -0.2) is 8.42 Å². The summed E-state index contributed by atoms with van der Waals surface area (Å²) in [4.78, 5) is 24.2. The summed E-state index contributed by atoms with van der Waals surface area (Å²) < 4.78 is 25.6. The number of hydrogen-bond acceptors (Lipinski definition) is 4. The Balaban J connectivity index is 1.98. The maximum atomic E-state index is 12.9. The molecular formula is C25H29Cl2NO5S. The van der Waals surface area contributed by atoms with E-state index in [1.54, 1.807) is 30.3 Å². The largest absolute Gasteiger partial charge is 0.481 e. The van der Waals surface area contributed by atoms with Crippen LogP contribution in [0.3, 0.4) is 0 Å².